The molecule has 2 aliphatic rings. The Morgan fingerprint density at radius 2 is 1.55 bits per heavy atom. The van der Waals surface area contributed by atoms with Gasteiger partial charge in [-0.1, -0.05) is 43.2 Å². The zero-order valence-electron chi connectivity index (χ0n) is 16.3. The van der Waals surface area contributed by atoms with E-state index in [-0.39, 0.29) is 23.4 Å². The van der Waals surface area contributed by atoms with Crippen LogP contribution in [0.3, 0.4) is 0 Å². The van der Waals surface area contributed by atoms with Gasteiger partial charge in [-0.25, -0.2) is 18.9 Å². The van der Waals surface area contributed by atoms with E-state index in [1.54, 1.807) is 48.5 Å². The van der Waals surface area contributed by atoms with Crippen LogP contribution in [-0.4, -0.2) is 48.7 Å². The van der Waals surface area contributed by atoms with Crippen LogP contribution in [0.25, 0.3) is 0 Å². The Hall–Kier alpha value is -2.55. The number of nitrogens with one attached hydrogen (secondary N) is 1. The number of hydrogen-bond donors (Lipinski definition) is 1. The number of hydrazine groups is 1. The zero-order valence-corrected chi connectivity index (χ0v) is 17.1. The average Bonchev–Trinajstić information content (AvgIpc) is 3.24. The number of sulfonamides is 1. The molecule has 1 fully saturated rings. The number of amides is 2. The molecule has 152 valence electrons. The fourth-order valence-electron chi connectivity index (χ4n) is 3.92. The topological polar surface area (TPSA) is 86.8 Å². The van der Waals surface area contributed by atoms with Crippen molar-refractivity contribution in [1.29, 1.82) is 0 Å². The van der Waals surface area contributed by atoms with Crippen LogP contribution in [0.15, 0.2) is 53.4 Å². The SMILES string of the molecule is CC[C@@H]1CN(S(=O)(=O)c2ccc(C)cc2)C[C@@H]1NN1C(=O)c2ccccc2C1=O. The molecule has 7 nitrogen and oxygen atoms in total. The molecule has 1 N–H and O–H groups in total. The lowest BCUT2D eigenvalue weighted by Crippen LogP contribution is -2.51. The van der Waals surface area contributed by atoms with E-state index in [9.17, 15) is 18.0 Å². The second-order valence-corrected chi connectivity index (χ2v) is 9.47. The maximum atomic E-state index is 13.0. The minimum Gasteiger partial charge on any atom is -0.267 e. The molecule has 2 atom stereocenters. The van der Waals surface area contributed by atoms with Crippen LogP contribution in [-0.2, 0) is 10.0 Å². The van der Waals surface area contributed by atoms with Crippen LogP contribution in [0.4, 0.5) is 0 Å². The number of hydrogen-bond acceptors (Lipinski definition) is 5. The number of nitrogens with zero attached hydrogens (tertiary/aromatic N) is 2. The highest BCUT2D eigenvalue weighted by molar-refractivity contribution is 7.89. The van der Waals surface area contributed by atoms with Crippen LogP contribution in [0.1, 0.15) is 39.6 Å². The predicted octanol–water partition coefficient (Wildman–Crippen LogP) is 2.19. The van der Waals surface area contributed by atoms with Crippen LogP contribution >= 0.6 is 0 Å². The van der Waals surface area contributed by atoms with Crippen LogP contribution in [0.2, 0.25) is 0 Å². The van der Waals surface area contributed by atoms with E-state index in [1.807, 2.05) is 13.8 Å². The third kappa shape index (κ3) is 3.37. The van der Waals surface area contributed by atoms with Crippen molar-refractivity contribution in [2.45, 2.75) is 31.2 Å². The molecule has 2 amide bonds. The van der Waals surface area contributed by atoms with Crippen molar-refractivity contribution in [3.05, 3.63) is 65.2 Å². The van der Waals surface area contributed by atoms with Crippen LogP contribution < -0.4 is 5.43 Å². The van der Waals surface area contributed by atoms with Crippen molar-refractivity contribution in [2.24, 2.45) is 5.92 Å². The molecule has 2 aliphatic heterocycles. The van der Waals surface area contributed by atoms with Crippen molar-refractivity contribution in [2.75, 3.05) is 13.1 Å². The first kappa shape index (κ1) is 19.8. The van der Waals surface area contributed by atoms with Crippen molar-refractivity contribution < 1.29 is 18.0 Å². The van der Waals surface area contributed by atoms with Gasteiger partial charge in [0.1, 0.15) is 0 Å². The summed E-state index contributed by atoms with van der Waals surface area (Å²) in [4.78, 5) is 25.5. The molecular weight excluding hydrogens is 390 g/mol. The van der Waals surface area contributed by atoms with E-state index in [1.165, 1.54) is 4.31 Å². The fourth-order valence-corrected chi connectivity index (χ4v) is 5.44. The monoisotopic (exact) mass is 413 g/mol. The molecular formula is C21H23N3O4S. The predicted molar refractivity (Wildman–Crippen MR) is 108 cm³/mol. The Morgan fingerprint density at radius 3 is 2.10 bits per heavy atom. The molecule has 1 saturated heterocycles. The van der Waals surface area contributed by atoms with Gasteiger partial charge in [0.05, 0.1) is 16.0 Å². The summed E-state index contributed by atoms with van der Waals surface area (Å²) < 4.78 is 27.5. The maximum absolute atomic E-state index is 13.0. The lowest BCUT2D eigenvalue weighted by atomic mass is 10.0. The highest BCUT2D eigenvalue weighted by atomic mass is 32.2. The Kier molecular flexibility index (Phi) is 5.02. The number of fused-ring (bicyclic) bond motifs is 1. The van der Waals surface area contributed by atoms with Gasteiger partial charge in [0.2, 0.25) is 10.0 Å². The van der Waals surface area contributed by atoms with E-state index in [0.717, 1.165) is 17.0 Å². The highest BCUT2D eigenvalue weighted by Gasteiger charge is 2.43. The number of aryl methyl sites for hydroxylation is 1. The van der Waals surface area contributed by atoms with E-state index < -0.39 is 21.8 Å². The van der Waals surface area contributed by atoms with Gasteiger partial charge in [-0.05, 0) is 37.1 Å². The Labute approximate surface area is 170 Å². The summed E-state index contributed by atoms with van der Waals surface area (Å²) in [5.41, 5.74) is 4.73. The normalized spacial score (nSPS) is 22.3. The molecule has 8 heteroatoms. The lowest BCUT2D eigenvalue weighted by molar-refractivity contribution is 0.0522. The smallest absolute Gasteiger partial charge is 0.267 e. The number of carbonyl (C=O) groups is 2. The molecule has 0 bridgehead atoms. The largest absolute Gasteiger partial charge is 0.276 e. The first-order valence-electron chi connectivity index (χ1n) is 9.63. The summed E-state index contributed by atoms with van der Waals surface area (Å²) in [7, 11) is -3.64. The number of rotatable bonds is 5. The van der Waals surface area contributed by atoms with Gasteiger partial charge in [0, 0.05) is 19.1 Å². The van der Waals surface area contributed by atoms with Gasteiger partial charge in [-0.2, -0.15) is 4.31 Å². The molecule has 2 aromatic carbocycles. The molecule has 0 unspecified atom stereocenters. The molecule has 0 spiro atoms. The van der Waals surface area contributed by atoms with E-state index in [4.69, 9.17) is 0 Å². The summed E-state index contributed by atoms with van der Waals surface area (Å²) in [5.74, 6) is -0.819. The maximum Gasteiger partial charge on any atom is 0.276 e. The van der Waals surface area contributed by atoms with E-state index in [2.05, 4.69) is 5.43 Å². The minimum atomic E-state index is -3.64. The van der Waals surface area contributed by atoms with Gasteiger partial charge in [0.25, 0.3) is 11.8 Å². The van der Waals surface area contributed by atoms with Gasteiger partial charge in [0.15, 0.2) is 0 Å². The molecule has 2 heterocycles. The fraction of sp³-hybridized carbons (Fsp3) is 0.333. The Balaban J connectivity index is 1.54. The molecule has 29 heavy (non-hydrogen) atoms. The van der Waals surface area contributed by atoms with Crippen molar-refractivity contribution in [1.82, 2.24) is 14.7 Å². The van der Waals surface area contributed by atoms with Gasteiger partial charge in [-0.15, -0.1) is 0 Å². The van der Waals surface area contributed by atoms with Crippen LogP contribution in [0.5, 0.6) is 0 Å². The van der Waals surface area contributed by atoms with Crippen molar-refractivity contribution in [3.63, 3.8) is 0 Å². The Morgan fingerprint density at radius 1 is 0.966 bits per heavy atom. The third-order valence-corrected chi connectivity index (χ3v) is 7.53. The minimum absolute atomic E-state index is 0.0143. The summed E-state index contributed by atoms with van der Waals surface area (Å²) in [6, 6.07) is 13.1. The summed E-state index contributed by atoms with van der Waals surface area (Å²) in [6.45, 7) is 4.42. The number of imide groups is 1. The van der Waals surface area contributed by atoms with Gasteiger partial charge in [-0.3, -0.25) is 9.59 Å². The lowest BCUT2D eigenvalue weighted by Gasteiger charge is -2.24. The summed E-state index contributed by atoms with van der Waals surface area (Å²) in [5, 5.41) is 1.03. The van der Waals surface area contributed by atoms with E-state index >= 15 is 0 Å². The molecule has 0 aliphatic carbocycles. The molecule has 2 aromatic rings. The highest BCUT2D eigenvalue weighted by Crippen LogP contribution is 2.28. The van der Waals surface area contributed by atoms with Crippen molar-refractivity contribution in [3.8, 4) is 0 Å². The quantitative estimate of drug-likeness (QED) is 0.760. The molecule has 0 saturated carbocycles. The first-order chi connectivity index (χ1) is 13.8. The second kappa shape index (κ2) is 7.37. The average molecular weight is 413 g/mol. The zero-order chi connectivity index (χ0) is 20.8. The van der Waals surface area contributed by atoms with Crippen molar-refractivity contribution >= 4 is 21.8 Å². The molecule has 4 rings (SSSR count). The third-order valence-electron chi connectivity index (χ3n) is 5.68. The summed E-state index contributed by atoms with van der Waals surface area (Å²) >= 11 is 0. The Bertz CT molecular complexity index is 1030. The first-order valence-corrected chi connectivity index (χ1v) is 11.1. The molecule has 0 radical (unpaired) electrons. The van der Waals surface area contributed by atoms with Gasteiger partial charge < -0.3 is 0 Å². The second-order valence-electron chi connectivity index (χ2n) is 7.53. The number of carbonyl (C=O) groups excluding carboxylic acids is 2. The summed E-state index contributed by atoms with van der Waals surface area (Å²) in [6.07, 6.45) is 0.723. The number of benzene rings is 2. The van der Waals surface area contributed by atoms with E-state index in [0.29, 0.717) is 17.7 Å². The standard InChI is InChI=1S/C21H23N3O4S/c1-3-15-12-23(29(27,28)16-10-8-14(2)9-11-16)13-19(15)22-24-20(25)17-6-4-5-7-18(17)21(24)26/h4-11,15,19,22H,3,12-13H2,1-2H3/t15-,19+/m1/s1. The molecule has 0 aromatic heterocycles. The van der Waals surface area contributed by atoms with Crippen LogP contribution in [0, 0.1) is 12.8 Å². The van der Waals surface area contributed by atoms with Gasteiger partial charge >= 0.3 is 0 Å².